The molecule has 1 saturated heterocycles. The Bertz CT molecular complexity index is 468. The van der Waals surface area contributed by atoms with Crippen LogP contribution in [0, 0.1) is 0 Å². The zero-order valence-electron chi connectivity index (χ0n) is 11.1. The van der Waals surface area contributed by atoms with Crippen LogP contribution in [0.25, 0.3) is 0 Å². The number of carboxylic acids is 1. The van der Waals surface area contributed by atoms with E-state index in [0.29, 0.717) is 6.54 Å². The molecule has 1 amide bonds. The van der Waals surface area contributed by atoms with Crippen molar-refractivity contribution in [1.29, 1.82) is 0 Å². The van der Waals surface area contributed by atoms with Gasteiger partial charge < -0.3 is 25.2 Å². The number of aromatic nitrogens is 1. The molecule has 0 aliphatic carbocycles. The van der Waals surface area contributed by atoms with Gasteiger partial charge in [-0.15, -0.1) is 0 Å². The van der Waals surface area contributed by atoms with Crippen LogP contribution in [0.4, 0.5) is 0 Å². The molecule has 1 aliphatic heterocycles. The number of rotatable bonds is 6. The van der Waals surface area contributed by atoms with E-state index in [9.17, 15) is 9.59 Å². The van der Waals surface area contributed by atoms with Crippen LogP contribution >= 0.6 is 0 Å². The second-order valence-corrected chi connectivity index (χ2v) is 4.58. The fourth-order valence-corrected chi connectivity index (χ4v) is 2.01. The minimum absolute atomic E-state index is 0.00966. The van der Waals surface area contributed by atoms with Crippen molar-refractivity contribution in [3.8, 4) is 0 Å². The third kappa shape index (κ3) is 4.04. The van der Waals surface area contributed by atoms with E-state index in [1.165, 1.54) is 0 Å². The van der Waals surface area contributed by atoms with E-state index in [4.69, 9.17) is 5.11 Å². The highest BCUT2D eigenvalue weighted by Crippen LogP contribution is 2.03. The predicted molar refractivity (Wildman–Crippen MR) is 69.7 cm³/mol. The molecular weight excluding hydrogens is 264 g/mol. The molecule has 1 aliphatic rings. The van der Waals surface area contributed by atoms with Crippen LogP contribution in [-0.4, -0.2) is 66.3 Å². The number of aromatic carboxylic acids is 1. The molecule has 0 aromatic carbocycles. The monoisotopic (exact) mass is 282 g/mol. The van der Waals surface area contributed by atoms with Crippen LogP contribution in [0.15, 0.2) is 10.6 Å². The summed E-state index contributed by atoms with van der Waals surface area (Å²) in [6.45, 7) is 5.52. The molecule has 1 fully saturated rings. The largest absolute Gasteiger partial charge is 0.475 e. The van der Waals surface area contributed by atoms with Crippen molar-refractivity contribution in [3.05, 3.63) is 17.5 Å². The van der Waals surface area contributed by atoms with Gasteiger partial charge in [0.1, 0.15) is 0 Å². The van der Waals surface area contributed by atoms with Gasteiger partial charge in [-0.3, -0.25) is 4.79 Å². The zero-order chi connectivity index (χ0) is 14.4. The molecule has 0 spiro atoms. The smallest absolute Gasteiger partial charge is 0.374 e. The summed E-state index contributed by atoms with van der Waals surface area (Å²) < 4.78 is 4.52. The van der Waals surface area contributed by atoms with E-state index in [2.05, 4.69) is 25.2 Å². The van der Waals surface area contributed by atoms with E-state index in [1.54, 1.807) is 0 Å². The van der Waals surface area contributed by atoms with Crippen molar-refractivity contribution in [2.24, 2.45) is 0 Å². The first-order valence-electron chi connectivity index (χ1n) is 6.58. The van der Waals surface area contributed by atoms with E-state index < -0.39 is 11.9 Å². The van der Waals surface area contributed by atoms with Crippen LogP contribution < -0.4 is 10.6 Å². The highest BCUT2D eigenvalue weighted by atomic mass is 16.5. The molecule has 0 atom stereocenters. The summed E-state index contributed by atoms with van der Waals surface area (Å²) in [5, 5.41) is 18.1. The van der Waals surface area contributed by atoms with Crippen molar-refractivity contribution in [1.82, 2.24) is 20.7 Å². The molecule has 2 rings (SSSR count). The molecule has 0 saturated carbocycles. The van der Waals surface area contributed by atoms with E-state index in [0.717, 1.165) is 45.2 Å². The van der Waals surface area contributed by atoms with Crippen molar-refractivity contribution >= 4 is 11.9 Å². The Morgan fingerprint density at radius 3 is 2.85 bits per heavy atom. The fraction of sp³-hybridized carbons (Fsp3) is 0.583. The molecule has 20 heavy (non-hydrogen) atoms. The first-order valence-corrected chi connectivity index (χ1v) is 6.58. The Labute approximate surface area is 116 Å². The number of amides is 1. The molecular formula is C12H18N4O4. The molecule has 110 valence electrons. The Morgan fingerprint density at radius 2 is 2.20 bits per heavy atom. The summed E-state index contributed by atoms with van der Waals surface area (Å²) in [5.41, 5.74) is -0.00966. The summed E-state index contributed by atoms with van der Waals surface area (Å²) >= 11 is 0. The van der Waals surface area contributed by atoms with Gasteiger partial charge in [-0.05, 0) is 13.0 Å². The molecule has 0 bridgehead atoms. The predicted octanol–water partition coefficient (Wildman–Crippen LogP) is -0.602. The topological polar surface area (TPSA) is 108 Å². The number of carbonyl (C=O) groups is 2. The summed E-state index contributed by atoms with van der Waals surface area (Å²) in [4.78, 5) is 24.6. The number of hydrogen-bond acceptors (Lipinski definition) is 6. The molecule has 2 heterocycles. The summed E-state index contributed by atoms with van der Waals surface area (Å²) in [5.74, 6) is -1.99. The summed E-state index contributed by atoms with van der Waals surface area (Å²) in [6.07, 6.45) is 0.843. The number of carbonyl (C=O) groups excluding carboxylic acids is 1. The number of hydrogen-bond donors (Lipinski definition) is 3. The summed E-state index contributed by atoms with van der Waals surface area (Å²) in [7, 11) is 0. The lowest BCUT2D eigenvalue weighted by molar-refractivity contribution is 0.0651. The Morgan fingerprint density at radius 1 is 1.45 bits per heavy atom. The minimum Gasteiger partial charge on any atom is -0.475 e. The Hall–Kier alpha value is -1.93. The second kappa shape index (κ2) is 7.01. The highest BCUT2D eigenvalue weighted by Gasteiger charge is 2.16. The van der Waals surface area contributed by atoms with Gasteiger partial charge in [-0.25, -0.2) is 4.79 Å². The Kier molecular flexibility index (Phi) is 5.08. The fourth-order valence-electron chi connectivity index (χ4n) is 2.01. The lowest BCUT2D eigenvalue weighted by Gasteiger charge is -2.26. The van der Waals surface area contributed by atoms with Crippen molar-refractivity contribution in [3.63, 3.8) is 0 Å². The average molecular weight is 282 g/mol. The highest BCUT2D eigenvalue weighted by molar-refractivity contribution is 5.94. The van der Waals surface area contributed by atoms with Gasteiger partial charge in [0.15, 0.2) is 5.69 Å². The molecule has 1 aromatic rings. The maximum absolute atomic E-state index is 11.7. The Balaban J connectivity index is 1.67. The number of carboxylic acid groups (broad SMARTS) is 1. The van der Waals surface area contributed by atoms with Gasteiger partial charge in [0.25, 0.3) is 5.91 Å². The molecule has 0 radical (unpaired) electrons. The molecule has 3 N–H and O–H groups in total. The van der Waals surface area contributed by atoms with Gasteiger partial charge in [0.2, 0.25) is 5.76 Å². The zero-order valence-corrected chi connectivity index (χ0v) is 11.1. The third-order valence-electron chi connectivity index (χ3n) is 3.10. The average Bonchev–Trinajstić information content (AvgIpc) is 2.94. The first-order chi connectivity index (χ1) is 9.66. The molecule has 1 aromatic heterocycles. The lowest BCUT2D eigenvalue weighted by Crippen LogP contribution is -2.44. The first kappa shape index (κ1) is 14.5. The van der Waals surface area contributed by atoms with Crippen molar-refractivity contribution in [2.75, 3.05) is 39.3 Å². The number of nitrogens with zero attached hydrogens (tertiary/aromatic N) is 2. The van der Waals surface area contributed by atoms with Gasteiger partial charge in [-0.1, -0.05) is 5.16 Å². The molecule has 8 heteroatoms. The quantitative estimate of drug-likeness (QED) is 0.598. The number of nitrogens with one attached hydrogen (secondary N) is 2. The van der Waals surface area contributed by atoms with Crippen LogP contribution in [0.5, 0.6) is 0 Å². The minimum atomic E-state index is -1.24. The van der Waals surface area contributed by atoms with Crippen LogP contribution in [0.2, 0.25) is 0 Å². The van der Waals surface area contributed by atoms with E-state index in [-0.39, 0.29) is 11.5 Å². The summed E-state index contributed by atoms with van der Waals surface area (Å²) in [6, 6.07) is 1.12. The third-order valence-corrected chi connectivity index (χ3v) is 3.10. The van der Waals surface area contributed by atoms with E-state index >= 15 is 0 Å². The normalized spacial score (nSPS) is 16.0. The maximum atomic E-state index is 11.7. The van der Waals surface area contributed by atoms with Gasteiger partial charge >= 0.3 is 5.97 Å². The standard InChI is InChI=1S/C12H18N4O4/c17-11(9-8-10(12(18)19)20-15-9)14-2-1-5-16-6-3-13-4-7-16/h8,13H,1-7H2,(H,14,17)(H,18,19). The number of piperazine rings is 1. The molecule has 8 nitrogen and oxygen atoms in total. The van der Waals surface area contributed by atoms with Gasteiger partial charge in [0, 0.05) is 38.8 Å². The van der Waals surface area contributed by atoms with E-state index in [1.807, 2.05) is 0 Å². The SMILES string of the molecule is O=C(NCCCN1CCNCC1)c1cc(C(=O)O)on1. The van der Waals surface area contributed by atoms with Crippen molar-refractivity contribution < 1.29 is 19.2 Å². The van der Waals surface area contributed by atoms with Crippen molar-refractivity contribution in [2.45, 2.75) is 6.42 Å². The van der Waals surface area contributed by atoms with Crippen LogP contribution in [-0.2, 0) is 0 Å². The lowest BCUT2D eigenvalue weighted by atomic mass is 10.3. The van der Waals surface area contributed by atoms with Gasteiger partial charge in [0.05, 0.1) is 0 Å². The van der Waals surface area contributed by atoms with Crippen LogP contribution in [0.1, 0.15) is 27.5 Å². The van der Waals surface area contributed by atoms with Gasteiger partial charge in [-0.2, -0.15) is 0 Å². The maximum Gasteiger partial charge on any atom is 0.374 e. The molecule has 0 unspecified atom stereocenters. The second-order valence-electron chi connectivity index (χ2n) is 4.58. The van der Waals surface area contributed by atoms with Crippen LogP contribution in [0.3, 0.4) is 0 Å².